The highest BCUT2D eigenvalue weighted by Crippen LogP contribution is 2.23. The summed E-state index contributed by atoms with van der Waals surface area (Å²) in [4.78, 5) is 5.80. The molecule has 0 aliphatic carbocycles. The summed E-state index contributed by atoms with van der Waals surface area (Å²) in [5.74, 6) is 0.657. The van der Waals surface area contributed by atoms with Gasteiger partial charge in [-0.25, -0.2) is 4.98 Å². The first-order chi connectivity index (χ1) is 6.54. The van der Waals surface area contributed by atoms with Gasteiger partial charge in [-0.3, -0.25) is 0 Å². The van der Waals surface area contributed by atoms with Gasteiger partial charge in [-0.2, -0.15) is 0 Å². The van der Waals surface area contributed by atoms with Crippen LogP contribution in [0.15, 0.2) is 0 Å². The molecule has 1 N–H and O–H groups in total. The SMILES string of the molecule is CCC(Nc1nc(C)c(C)s1)C(C)C. The normalized spacial score (nSPS) is 13.3. The lowest BCUT2D eigenvalue weighted by Crippen LogP contribution is -2.24. The van der Waals surface area contributed by atoms with E-state index < -0.39 is 0 Å². The summed E-state index contributed by atoms with van der Waals surface area (Å²) in [5, 5.41) is 4.57. The molecular formula is C11H20N2S. The van der Waals surface area contributed by atoms with Gasteiger partial charge in [0.2, 0.25) is 0 Å². The van der Waals surface area contributed by atoms with E-state index in [1.165, 1.54) is 4.88 Å². The first-order valence-corrected chi connectivity index (χ1v) is 6.06. The van der Waals surface area contributed by atoms with Crippen molar-refractivity contribution in [2.24, 2.45) is 5.92 Å². The van der Waals surface area contributed by atoms with Crippen LogP contribution in [-0.2, 0) is 0 Å². The molecule has 1 aromatic rings. The average Bonchev–Trinajstić information content (AvgIpc) is 2.41. The zero-order valence-corrected chi connectivity index (χ0v) is 10.5. The van der Waals surface area contributed by atoms with E-state index in [-0.39, 0.29) is 0 Å². The molecule has 1 aromatic heterocycles. The van der Waals surface area contributed by atoms with Crippen molar-refractivity contribution >= 4 is 16.5 Å². The Hall–Kier alpha value is -0.570. The fourth-order valence-electron chi connectivity index (χ4n) is 1.43. The lowest BCUT2D eigenvalue weighted by atomic mass is 10.0. The van der Waals surface area contributed by atoms with Gasteiger partial charge in [-0.05, 0) is 26.2 Å². The second-order valence-corrected chi connectivity index (χ2v) is 5.27. The minimum atomic E-state index is 0.542. The molecule has 1 atom stereocenters. The van der Waals surface area contributed by atoms with Crippen LogP contribution in [0.1, 0.15) is 37.8 Å². The molecule has 1 heterocycles. The van der Waals surface area contributed by atoms with Crippen LogP contribution in [0.5, 0.6) is 0 Å². The van der Waals surface area contributed by atoms with Crippen LogP contribution >= 0.6 is 11.3 Å². The third-order valence-electron chi connectivity index (χ3n) is 2.58. The Morgan fingerprint density at radius 1 is 1.36 bits per heavy atom. The van der Waals surface area contributed by atoms with Gasteiger partial charge in [0.25, 0.3) is 0 Å². The number of aryl methyl sites for hydroxylation is 2. The molecular weight excluding hydrogens is 192 g/mol. The zero-order valence-electron chi connectivity index (χ0n) is 9.72. The molecule has 1 rings (SSSR count). The van der Waals surface area contributed by atoms with Gasteiger partial charge in [-0.1, -0.05) is 20.8 Å². The summed E-state index contributed by atoms with van der Waals surface area (Å²) in [6.45, 7) is 10.9. The molecule has 3 heteroatoms. The summed E-state index contributed by atoms with van der Waals surface area (Å²) < 4.78 is 0. The highest BCUT2D eigenvalue weighted by atomic mass is 32.1. The predicted octanol–water partition coefficient (Wildman–Crippen LogP) is 3.61. The lowest BCUT2D eigenvalue weighted by molar-refractivity contribution is 0.511. The molecule has 0 amide bonds. The molecule has 0 fully saturated rings. The molecule has 14 heavy (non-hydrogen) atoms. The van der Waals surface area contributed by atoms with Crippen molar-refractivity contribution in [3.8, 4) is 0 Å². The second kappa shape index (κ2) is 4.78. The van der Waals surface area contributed by atoms with Crippen molar-refractivity contribution in [3.63, 3.8) is 0 Å². The van der Waals surface area contributed by atoms with E-state index >= 15 is 0 Å². The molecule has 0 aromatic carbocycles. The molecule has 0 aliphatic heterocycles. The van der Waals surface area contributed by atoms with Crippen LogP contribution in [0, 0.1) is 19.8 Å². The molecule has 0 saturated heterocycles. The largest absolute Gasteiger partial charge is 0.359 e. The Balaban J connectivity index is 2.67. The molecule has 0 bridgehead atoms. The minimum absolute atomic E-state index is 0.542. The number of thiazole rings is 1. The second-order valence-electron chi connectivity index (χ2n) is 4.06. The highest BCUT2D eigenvalue weighted by molar-refractivity contribution is 7.15. The van der Waals surface area contributed by atoms with E-state index in [0.717, 1.165) is 17.2 Å². The Kier molecular flexibility index (Phi) is 3.93. The summed E-state index contributed by atoms with van der Waals surface area (Å²) in [7, 11) is 0. The van der Waals surface area contributed by atoms with E-state index in [0.29, 0.717) is 12.0 Å². The highest BCUT2D eigenvalue weighted by Gasteiger charge is 2.12. The van der Waals surface area contributed by atoms with Gasteiger partial charge < -0.3 is 5.32 Å². The van der Waals surface area contributed by atoms with Crippen LogP contribution in [0.3, 0.4) is 0 Å². The van der Waals surface area contributed by atoms with E-state index in [1.807, 2.05) is 0 Å². The number of nitrogens with one attached hydrogen (secondary N) is 1. The number of hydrogen-bond acceptors (Lipinski definition) is 3. The van der Waals surface area contributed by atoms with E-state index in [4.69, 9.17) is 0 Å². The smallest absolute Gasteiger partial charge is 0.183 e. The van der Waals surface area contributed by atoms with E-state index in [2.05, 4.69) is 44.9 Å². The quantitative estimate of drug-likeness (QED) is 0.824. The Morgan fingerprint density at radius 3 is 2.36 bits per heavy atom. The fourth-order valence-corrected chi connectivity index (χ4v) is 2.31. The summed E-state index contributed by atoms with van der Waals surface area (Å²) in [6, 6.07) is 0.542. The van der Waals surface area contributed by atoms with Crippen LogP contribution < -0.4 is 5.32 Å². The lowest BCUT2D eigenvalue weighted by Gasteiger charge is -2.19. The number of hydrogen-bond donors (Lipinski definition) is 1. The maximum absolute atomic E-state index is 4.49. The molecule has 2 nitrogen and oxygen atoms in total. The molecule has 1 unspecified atom stereocenters. The molecule has 0 spiro atoms. The Morgan fingerprint density at radius 2 is 2.00 bits per heavy atom. The maximum atomic E-state index is 4.49. The molecule has 80 valence electrons. The summed E-state index contributed by atoms with van der Waals surface area (Å²) >= 11 is 1.75. The van der Waals surface area contributed by atoms with Gasteiger partial charge in [-0.15, -0.1) is 11.3 Å². The van der Waals surface area contributed by atoms with Gasteiger partial charge in [0.1, 0.15) is 0 Å². The summed E-state index contributed by atoms with van der Waals surface area (Å²) in [5.41, 5.74) is 1.15. The Labute approximate surface area is 90.8 Å². The number of anilines is 1. The standard InChI is InChI=1S/C11H20N2S/c1-6-10(7(2)3)13-11-12-8(4)9(5)14-11/h7,10H,6H2,1-5H3,(H,12,13). The topological polar surface area (TPSA) is 24.9 Å². The zero-order chi connectivity index (χ0) is 10.7. The molecule has 0 radical (unpaired) electrons. The first-order valence-electron chi connectivity index (χ1n) is 5.25. The van der Waals surface area contributed by atoms with E-state index in [1.54, 1.807) is 11.3 Å². The van der Waals surface area contributed by atoms with Crippen molar-refractivity contribution in [1.29, 1.82) is 0 Å². The van der Waals surface area contributed by atoms with Gasteiger partial charge in [0, 0.05) is 10.9 Å². The van der Waals surface area contributed by atoms with Crippen LogP contribution in [0.25, 0.3) is 0 Å². The van der Waals surface area contributed by atoms with Gasteiger partial charge in [0.05, 0.1) is 5.69 Å². The van der Waals surface area contributed by atoms with Gasteiger partial charge in [0.15, 0.2) is 5.13 Å². The maximum Gasteiger partial charge on any atom is 0.183 e. The van der Waals surface area contributed by atoms with Crippen molar-refractivity contribution in [2.75, 3.05) is 5.32 Å². The number of rotatable bonds is 4. The minimum Gasteiger partial charge on any atom is -0.359 e. The monoisotopic (exact) mass is 212 g/mol. The van der Waals surface area contributed by atoms with Crippen molar-refractivity contribution in [2.45, 2.75) is 47.1 Å². The van der Waals surface area contributed by atoms with Crippen LogP contribution in [-0.4, -0.2) is 11.0 Å². The molecule has 0 aliphatic rings. The fraction of sp³-hybridized carbons (Fsp3) is 0.727. The van der Waals surface area contributed by atoms with Crippen molar-refractivity contribution in [3.05, 3.63) is 10.6 Å². The number of aromatic nitrogens is 1. The summed E-state index contributed by atoms with van der Waals surface area (Å²) in [6.07, 6.45) is 1.15. The average molecular weight is 212 g/mol. The third-order valence-corrected chi connectivity index (χ3v) is 3.59. The molecule has 0 saturated carbocycles. The number of nitrogens with zero attached hydrogens (tertiary/aromatic N) is 1. The van der Waals surface area contributed by atoms with Gasteiger partial charge >= 0.3 is 0 Å². The third kappa shape index (κ3) is 2.71. The Bertz CT molecular complexity index is 272. The van der Waals surface area contributed by atoms with E-state index in [9.17, 15) is 0 Å². The van der Waals surface area contributed by atoms with Crippen molar-refractivity contribution < 1.29 is 0 Å². The van der Waals surface area contributed by atoms with Crippen LogP contribution in [0.4, 0.5) is 5.13 Å². The van der Waals surface area contributed by atoms with Crippen molar-refractivity contribution in [1.82, 2.24) is 4.98 Å². The van der Waals surface area contributed by atoms with Crippen LogP contribution in [0.2, 0.25) is 0 Å². The predicted molar refractivity (Wildman–Crippen MR) is 64.1 cm³/mol. The first kappa shape index (κ1) is 11.5.